The van der Waals surface area contributed by atoms with Gasteiger partial charge in [-0.3, -0.25) is 0 Å². The van der Waals surface area contributed by atoms with Gasteiger partial charge in [0.1, 0.15) is 5.52 Å². The summed E-state index contributed by atoms with van der Waals surface area (Å²) in [5.74, 6) is 1.63. The van der Waals surface area contributed by atoms with Crippen LogP contribution in [0.3, 0.4) is 0 Å². The molecule has 0 amide bonds. The summed E-state index contributed by atoms with van der Waals surface area (Å²) in [4.78, 5) is 6.98. The number of anilines is 1. The maximum atomic E-state index is 5.98. The van der Waals surface area contributed by atoms with Crippen LogP contribution >= 0.6 is 0 Å². The predicted molar refractivity (Wildman–Crippen MR) is 85.7 cm³/mol. The number of fused-ring (bicyclic) bond motifs is 1. The summed E-state index contributed by atoms with van der Waals surface area (Å²) in [5, 5.41) is 4.70. The number of hydrogen-bond donors (Lipinski definition) is 1. The van der Waals surface area contributed by atoms with Crippen molar-refractivity contribution in [1.29, 1.82) is 0 Å². The Balaban J connectivity index is 2.09. The Bertz CT molecular complexity index is 640. The predicted octanol–water partition coefficient (Wildman–Crippen LogP) is 2.20. The smallest absolute Gasteiger partial charge is 0.154 e. The van der Waals surface area contributed by atoms with Gasteiger partial charge < -0.3 is 10.6 Å². The lowest BCUT2D eigenvalue weighted by Gasteiger charge is -2.27. The van der Waals surface area contributed by atoms with E-state index in [4.69, 9.17) is 10.8 Å². The lowest BCUT2D eigenvalue weighted by Crippen LogP contribution is -2.39. The van der Waals surface area contributed by atoms with E-state index in [1.54, 1.807) is 0 Å². The maximum absolute atomic E-state index is 5.98. The molecule has 2 N–H and O–H groups in total. The summed E-state index contributed by atoms with van der Waals surface area (Å²) in [7, 11) is 0. The fourth-order valence-electron chi connectivity index (χ4n) is 3.13. The molecule has 0 aromatic carbocycles. The highest BCUT2D eigenvalue weighted by molar-refractivity contribution is 5.70. The van der Waals surface area contributed by atoms with Gasteiger partial charge in [-0.05, 0) is 18.4 Å². The van der Waals surface area contributed by atoms with E-state index in [2.05, 4.69) is 43.6 Å². The molecule has 0 spiro atoms. The van der Waals surface area contributed by atoms with Crippen molar-refractivity contribution in [2.24, 2.45) is 11.7 Å². The van der Waals surface area contributed by atoms with Crippen LogP contribution in [-0.4, -0.2) is 33.7 Å². The van der Waals surface area contributed by atoms with Crippen LogP contribution in [0.2, 0.25) is 0 Å². The minimum atomic E-state index is 0.0366. The van der Waals surface area contributed by atoms with Crippen molar-refractivity contribution < 1.29 is 0 Å². The van der Waals surface area contributed by atoms with Crippen LogP contribution in [0.4, 0.5) is 5.82 Å². The molecule has 1 aliphatic heterocycles. The SMILES string of the molecule is CC1CCN(c2nccn3nc(C(C)(C)C)cc23)C1CN. The first-order valence-corrected chi connectivity index (χ1v) is 7.73. The summed E-state index contributed by atoms with van der Waals surface area (Å²) in [5.41, 5.74) is 8.18. The minimum Gasteiger partial charge on any atom is -0.350 e. The Kier molecular flexibility index (Phi) is 3.40. The van der Waals surface area contributed by atoms with E-state index >= 15 is 0 Å². The summed E-state index contributed by atoms with van der Waals surface area (Å²) in [6, 6.07) is 2.54. The first-order valence-electron chi connectivity index (χ1n) is 7.73. The van der Waals surface area contributed by atoms with Crippen molar-refractivity contribution in [2.45, 2.75) is 45.6 Å². The first-order chi connectivity index (χ1) is 9.91. The zero-order chi connectivity index (χ0) is 15.2. The Morgan fingerprint density at radius 2 is 2.14 bits per heavy atom. The first kappa shape index (κ1) is 14.3. The number of nitrogens with zero attached hydrogens (tertiary/aromatic N) is 4. The van der Waals surface area contributed by atoms with Crippen LogP contribution in [0.1, 0.15) is 39.8 Å². The second-order valence-electron chi connectivity index (χ2n) is 7.12. The van der Waals surface area contributed by atoms with Crippen molar-refractivity contribution in [3.05, 3.63) is 24.2 Å². The van der Waals surface area contributed by atoms with Crippen LogP contribution in [0, 0.1) is 5.92 Å². The molecule has 5 nitrogen and oxygen atoms in total. The topological polar surface area (TPSA) is 59.5 Å². The molecule has 21 heavy (non-hydrogen) atoms. The monoisotopic (exact) mass is 287 g/mol. The van der Waals surface area contributed by atoms with Gasteiger partial charge in [-0.25, -0.2) is 9.50 Å². The molecule has 1 saturated heterocycles. The van der Waals surface area contributed by atoms with Gasteiger partial charge in [-0.15, -0.1) is 0 Å². The average Bonchev–Trinajstić information content (AvgIpc) is 3.00. The minimum absolute atomic E-state index is 0.0366. The number of aromatic nitrogens is 3. The molecule has 2 aromatic heterocycles. The highest BCUT2D eigenvalue weighted by Crippen LogP contribution is 2.32. The molecule has 2 atom stereocenters. The molecule has 0 bridgehead atoms. The highest BCUT2D eigenvalue weighted by atomic mass is 15.3. The summed E-state index contributed by atoms with van der Waals surface area (Å²) in [6.07, 6.45) is 4.92. The third-order valence-corrected chi connectivity index (χ3v) is 4.53. The largest absolute Gasteiger partial charge is 0.350 e. The molecule has 114 valence electrons. The second-order valence-corrected chi connectivity index (χ2v) is 7.12. The second kappa shape index (κ2) is 4.98. The Morgan fingerprint density at radius 3 is 2.81 bits per heavy atom. The van der Waals surface area contributed by atoms with Crippen LogP contribution in [0.5, 0.6) is 0 Å². The standard InChI is InChI=1S/C16H25N5/c1-11-5-7-20(13(11)10-17)15-12-9-14(16(2,3)4)19-21(12)8-6-18-15/h6,8-9,11,13H,5,7,10,17H2,1-4H3. The maximum Gasteiger partial charge on any atom is 0.154 e. The van der Waals surface area contributed by atoms with E-state index < -0.39 is 0 Å². The number of nitrogens with two attached hydrogens (primary N) is 1. The van der Waals surface area contributed by atoms with Gasteiger partial charge in [0.05, 0.1) is 5.69 Å². The molecule has 0 aliphatic carbocycles. The molecule has 1 fully saturated rings. The van der Waals surface area contributed by atoms with Gasteiger partial charge in [0.2, 0.25) is 0 Å². The Morgan fingerprint density at radius 1 is 1.38 bits per heavy atom. The van der Waals surface area contributed by atoms with Gasteiger partial charge in [0, 0.05) is 36.9 Å². The molecule has 0 saturated carbocycles. The number of hydrogen-bond acceptors (Lipinski definition) is 4. The Hall–Kier alpha value is -1.62. The Labute approximate surface area is 126 Å². The molecule has 2 aromatic rings. The lowest BCUT2D eigenvalue weighted by molar-refractivity contribution is 0.517. The molecular formula is C16H25N5. The van der Waals surface area contributed by atoms with Crippen molar-refractivity contribution >= 4 is 11.3 Å². The molecule has 5 heteroatoms. The normalized spacial score (nSPS) is 23.2. The molecule has 1 aliphatic rings. The van der Waals surface area contributed by atoms with E-state index in [0.717, 1.165) is 23.6 Å². The third kappa shape index (κ3) is 2.39. The third-order valence-electron chi connectivity index (χ3n) is 4.53. The van der Waals surface area contributed by atoms with Gasteiger partial charge in [-0.1, -0.05) is 27.7 Å². The van der Waals surface area contributed by atoms with E-state index in [1.165, 1.54) is 6.42 Å². The van der Waals surface area contributed by atoms with Crippen molar-refractivity contribution in [3.63, 3.8) is 0 Å². The van der Waals surface area contributed by atoms with E-state index in [0.29, 0.717) is 18.5 Å². The fourth-order valence-corrected chi connectivity index (χ4v) is 3.13. The summed E-state index contributed by atoms with van der Waals surface area (Å²) in [6.45, 7) is 10.5. The zero-order valence-electron chi connectivity index (χ0n) is 13.4. The molecule has 3 rings (SSSR count). The summed E-state index contributed by atoms with van der Waals surface area (Å²) >= 11 is 0. The molecule has 0 radical (unpaired) electrons. The zero-order valence-corrected chi connectivity index (χ0v) is 13.4. The van der Waals surface area contributed by atoms with Gasteiger partial charge in [0.15, 0.2) is 5.82 Å². The van der Waals surface area contributed by atoms with Crippen LogP contribution in [0.25, 0.3) is 5.52 Å². The lowest BCUT2D eigenvalue weighted by atomic mass is 9.92. The van der Waals surface area contributed by atoms with Crippen LogP contribution < -0.4 is 10.6 Å². The van der Waals surface area contributed by atoms with Gasteiger partial charge in [-0.2, -0.15) is 5.10 Å². The quantitative estimate of drug-likeness (QED) is 0.920. The van der Waals surface area contributed by atoms with Crippen molar-refractivity contribution in [1.82, 2.24) is 14.6 Å². The highest BCUT2D eigenvalue weighted by Gasteiger charge is 2.32. The molecule has 2 unspecified atom stereocenters. The van der Waals surface area contributed by atoms with Crippen molar-refractivity contribution in [3.8, 4) is 0 Å². The van der Waals surface area contributed by atoms with E-state index in [-0.39, 0.29) is 5.41 Å². The van der Waals surface area contributed by atoms with Gasteiger partial charge in [0.25, 0.3) is 0 Å². The summed E-state index contributed by atoms with van der Waals surface area (Å²) < 4.78 is 1.94. The average molecular weight is 287 g/mol. The van der Waals surface area contributed by atoms with Crippen molar-refractivity contribution in [2.75, 3.05) is 18.0 Å². The molecular weight excluding hydrogens is 262 g/mol. The van der Waals surface area contributed by atoms with E-state index in [9.17, 15) is 0 Å². The van der Waals surface area contributed by atoms with Crippen LogP contribution in [0.15, 0.2) is 18.5 Å². The van der Waals surface area contributed by atoms with E-state index in [1.807, 2.05) is 16.9 Å². The fraction of sp³-hybridized carbons (Fsp3) is 0.625. The number of rotatable bonds is 2. The van der Waals surface area contributed by atoms with Crippen LogP contribution in [-0.2, 0) is 5.41 Å². The molecule has 3 heterocycles. The van der Waals surface area contributed by atoms with Gasteiger partial charge >= 0.3 is 0 Å².